The fraction of sp³-hybridized carbons (Fsp3) is 0.294. The summed E-state index contributed by atoms with van der Waals surface area (Å²) >= 11 is 0. The Labute approximate surface area is 136 Å². The maximum atomic E-state index is 12.7. The molecule has 1 aliphatic heterocycles. The minimum atomic E-state index is -4.38. The maximum Gasteiger partial charge on any atom is 0.416 e. The van der Waals surface area contributed by atoms with E-state index < -0.39 is 16.7 Å². The number of nitro groups is 1. The Morgan fingerprint density at radius 2 is 1.75 bits per heavy atom. The van der Waals surface area contributed by atoms with Crippen molar-refractivity contribution in [1.29, 1.82) is 0 Å². The van der Waals surface area contributed by atoms with Crippen LogP contribution in [0.25, 0.3) is 11.1 Å². The van der Waals surface area contributed by atoms with Crippen molar-refractivity contribution in [1.82, 2.24) is 4.90 Å². The van der Waals surface area contributed by atoms with Crippen LogP contribution in [0, 0.1) is 10.1 Å². The van der Waals surface area contributed by atoms with Crippen molar-refractivity contribution in [3.63, 3.8) is 0 Å². The van der Waals surface area contributed by atoms with E-state index in [1.54, 1.807) is 6.07 Å². The number of alkyl halides is 3. The van der Waals surface area contributed by atoms with Gasteiger partial charge in [0.2, 0.25) is 0 Å². The highest BCUT2D eigenvalue weighted by Gasteiger charge is 2.30. The lowest BCUT2D eigenvalue weighted by Crippen LogP contribution is -2.27. The number of rotatable bonds is 2. The van der Waals surface area contributed by atoms with Gasteiger partial charge in [0, 0.05) is 24.7 Å². The zero-order valence-corrected chi connectivity index (χ0v) is 12.9. The molecule has 0 aromatic heterocycles. The van der Waals surface area contributed by atoms with Crippen LogP contribution in [0.2, 0.25) is 0 Å². The molecule has 0 aliphatic carbocycles. The van der Waals surface area contributed by atoms with Gasteiger partial charge in [0.15, 0.2) is 0 Å². The fourth-order valence-electron chi connectivity index (χ4n) is 3.07. The monoisotopic (exact) mass is 336 g/mol. The first-order chi connectivity index (χ1) is 11.3. The Balaban J connectivity index is 2.09. The zero-order chi connectivity index (χ0) is 17.5. The molecule has 4 nitrogen and oxygen atoms in total. The Morgan fingerprint density at radius 3 is 2.33 bits per heavy atom. The molecule has 0 amide bonds. The Hall–Kier alpha value is -2.41. The summed E-state index contributed by atoms with van der Waals surface area (Å²) in [4.78, 5) is 12.8. The van der Waals surface area contributed by atoms with E-state index in [1.807, 2.05) is 11.9 Å². The zero-order valence-electron chi connectivity index (χ0n) is 12.9. The molecule has 3 rings (SSSR count). The lowest BCUT2D eigenvalue weighted by atomic mass is 9.89. The highest BCUT2D eigenvalue weighted by Crippen LogP contribution is 2.37. The second-order valence-corrected chi connectivity index (χ2v) is 5.91. The smallest absolute Gasteiger partial charge is 0.302 e. The van der Waals surface area contributed by atoms with Crippen molar-refractivity contribution in [2.45, 2.75) is 19.1 Å². The summed E-state index contributed by atoms with van der Waals surface area (Å²) in [6.07, 6.45) is -3.75. The van der Waals surface area contributed by atoms with E-state index in [9.17, 15) is 23.3 Å². The molecule has 24 heavy (non-hydrogen) atoms. The molecule has 0 saturated carbocycles. The van der Waals surface area contributed by atoms with E-state index in [1.165, 1.54) is 18.2 Å². The molecule has 1 aliphatic rings. The molecular formula is C17H15F3N2O2. The van der Waals surface area contributed by atoms with Gasteiger partial charge < -0.3 is 4.90 Å². The van der Waals surface area contributed by atoms with Gasteiger partial charge in [0.05, 0.1) is 10.5 Å². The van der Waals surface area contributed by atoms with Crippen LogP contribution in [0.3, 0.4) is 0 Å². The van der Waals surface area contributed by atoms with E-state index in [-0.39, 0.29) is 5.69 Å². The molecule has 1 heterocycles. The summed E-state index contributed by atoms with van der Waals surface area (Å²) < 4.78 is 38.1. The molecule has 0 radical (unpaired) electrons. The van der Waals surface area contributed by atoms with Crippen LogP contribution in [-0.4, -0.2) is 23.4 Å². The average molecular weight is 336 g/mol. The van der Waals surface area contributed by atoms with Gasteiger partial charge in [0.25, 0.3) is 5.69 Å². The normalized spacial score (nSPS) is 15.2. The lowest BCUT2D eigenvalue weighted by molar-refractivity contribution is -0.385. The van der Waals surface area contributed by atoms with Gasteiger partial charge in [0.1, 0.15) is 0 Å². The third-order valence-electron chi connectivity index (χ3n) is 4.30. The van der Waals surface area contributed by atoms with Crippen LogP contribution in [0.5, 0.6) is 0 Å². The van der Waals surface area contributed by atoms with E-state index in [0.29, 0.717) is 24.1 Å². The molecular weight excluding hydrogens is 321 g/mol. The minimum Gasteiger partial charge on any atom is -0.302 e. The van der Waals surface area contributed by atoms with E-state index in [2.05, 4.69) is 0 Å². The summed E-state index contributed by atoms with van der Waals surface area (Å²) in [7, 11) is 1.89. The van der Waals surface area contributed by atoms with Crippen molar-refractivity contribution < 1.29 is 18.1 Å². The van der Waals surface area contributed by atoms with Gasteiger partial charge in [-0.05, 0) is 48.4 Å². The summed E-state index contributed by atoms with van der Waals surface area (Å²) in [5, 5.41) is 11.2. The average Bonchev–Trinajstić information content (AvgIpc) is 2.52. The fourth-order valence-corrected chi connectivity index (χ4v) is 3.07. The summed E-state index contributed by atoms with van der Waals surface area (Å²) in [5.74, 6) is 0. The first kappa shape index (κ1) is 16.4. The van der Waals surface area contributed by atoms with Crippen LogP contribution < -0.4 is 0 Å². The predicted molar refractivity (Wildman–Crippen MR) is 83.6 cm³/mol. The summed E-state index contributed by atoms with van der Waals surface area (Å²) in [6.45, 7) is 1.21. The molecule has 0 unspecified atom stereocenters. The number of hydrogen-bond donors (Lipinski definition) is 0. The first-order valence-corrected chi connectivity index (χ1v) is 7.42. The van der Waals surface area contributed by atoms with Gasteiger partial charge in [-0.2, -0.15) is 13.2 Å². The van der Waals surface area contributed by atoms with Crippen molar-refractivity contribution in [3.05, 3.63) is 63.2 Å². The summed E-state index contributed by atoms with van der Waals surface area (Å²) in [6, 6.07) is 7.98. The van der Waals surface area contributed by atoms with Crippen LogP contribution >= 0.6 is 0 Å². The number of hydrogen-bond acceptors (Lipinski definition) is 3. The Bertz CT molecular complexity index is 786. The van der Waals surface area contributed by atoms with Gasteiger partial charge in [-0.3, -0.25) is 10.1 Å². The van der Waals surface area contributed by atoms with Crippen LogP contribution in [0.4, 0.5) is 18.9 Å². The quantitative estimate of drug-likeness (QED) is 0.608. The minimum absolute atomic E-state index is 0.0622. The molecule has 0 N–H and O–H groups in total. The van der Waals surface area contributed by atoms with Crippen molar-refractivity contribution in [2.75, 3.05) is 13.6 Å². The largest absolute Gasteiger partial charge is 0.416 e. The Kier molecular flexibility index (Phi) is 4.04. The molecule has 2 aromatic carbocycles. The molecule has 0 fully saturated rings. The molecule has 0 atom stereocenters. The number of likely N-dealkylation sites (N-methyl/N-ethyl adjacent to an activating group) is 1. The second-order valence-electron chi connectivity index (χ2n) is 5.91. The predicted octanol–water partition coefficient (Wildman–Crippen LogP) is 4.27. The van der Waals surface area contributed by atoms with E-state index in [0.717, 1.165) is 29.8 Å². The summed E-state index contributed by atoms with van der Waals surface area (Å²) in [5.41, 5.74) is 2.25. The van der Waals surface area contributed by atoms with Gasteiger partial charge in [-0.15, -0.1) is 0 Å². The van der Waals surface area contributed by atoms with Gasteiger partial charge >= 0.3 is 6.18 Å². The first-order valence-electron chi connectivity index (χ1n) is 7.42. The van der Waals surface area contributed by atoms with Crippen molar-refractivity contribution in [2.24, 2.45) is 0 Å². The van der Waals surface area contributed by atoms with E-state index >= 15 is 0 Å². The highest BCUT2D eigenvalue weighted by atomic mass is 19.4. The van der Waals surface area contributed by atoms with Crippen LogP contribution in [0.15, 0.2) is 36.4 Å². The molecule has 126 valence electrons. The van der Waals surface area contributed by atoms with Gasteiger partial charge in [-0.25, -0.2) is 0 Å². The second kappa shape index (κ2) is 5.90. The number of nitro benzene ring substituents is 1. The van der Waals surface area contributed by atoms with E-state index in [4.69, 9.17) is 0 Å². The molecule has 7 heteroatoms. The molecule has 0 spiro atoms. The highest BCUT2D eigenvalue weighted by molar-refractivity contribution is 5.72. The molecule has 2 aromatic rings. The number of fused-ring (bicyclic) bond motifs is 1. The SMILES string of the molecule is CN1CCc2c(-c3ccc(C(F)(F)F)cc3)ccc([N+](=O)[O-])c2C1. The number of benzene rings is 2. The number of halogens is 3. The topological polar surface area (TPSA) is 46.4 Å². The van der Waals surface area contributed by atoms with Crippen molar-refractivity contribution >= 4 is 5.69 Å². The van der Waals surface area contributed by atoms with Crippen LogP contribution in [-0.2, 0) is 19.1 Å². The number of nitrogens with zero attached hydrogens (tertiary/aromatic N) is 2. The third-order valence-corrected chi connectivity index (χ3v) is 4.30. The van der Waals surface area contributed by atoms with Crippen LogP contribution in [0.1, 0.15) is 16.7 Å². The van der Waals surface area contributed by atoms with Crippen molar-refractivity contribution in [3.8, 4) is 11.1 Å². The Morgan fingerprint density at radius 1 is 1.08 bits per heavy atom. The standard InChI is InChI=1S/C17H15F3N2O2/c1-21-9-8-14-13(6-7-16(22(23)24)15(14)10-21)11-2-4-12(5-3-11)17(18,19)20/h2-7H,8-10H2,1H3. The van der Waals surface area contributed by atoms with Gasteiger partial charge in [-0.1, -0.05) is 12.1 Å². The molecule has 0 saturated heterocycles. The molecule has 0 bridgehead atoms. The third kappa shape index (κ3) is 2.99. The maximum absolute atomic E-state index is 12.7. The lowest BCUT2D eigenvalue weighted by Gasteiger charge is -2.26.